The highest BCUT2D eigenvalue weighted by Gasteiger charge is 2.22. The van der Waals surface area contributed by atoms with Gasteiger partial charge in [-0.05, 0) is 49.7 Å². The minimum Gasteiger partial charge on any atom is -0.497 e. The molecule has 0 aliphatic rings. The van der Waals surface area contributed by atoms with Crippen molar-refractivity contribution in [2.24, 2.45) is 0 Å². The zero-order valence-electron chi connectivity index (χ0n) is 15.5. The fourth-order valence-electron chi connectivity index (χ4n) is 2.62. The maximum absolute atomic E-state index is 12.7. The lowest BCUT2D eigenvalue weighted by Crippen LogP contribution is -2.32. The second kappa shape index (κ2) is 7.90. The molecular formula is C20H22N4O3. The normalized spacial score (nSPS) is 11.8. The van der Waals surface area contributed by atoms with Crippen LogP contribution in [0.25, 0.3) is 5.52 Å². The minimum absolute atomic E-state index is 0.0227. The molecule has 7 heteroatoms. The van der Waals surface area contributed by atoms with Crippen molar-refractivity contribution < 1.29 is 14.3 Å². The lowest BCUT2D eigenvalue weighted by Gasteiger charge is -2.09. The number of carbonyl (C=O) groups is 2. The van der Waals surface area contributed by atoms with E-state index in [1.54, 1.807) is 54.1 Å². The van der Waals surface area contributed by atoms with Crippen molar-refractivity contribution in [2.75, 3.05) is 12.4 Å². The number of methoxy groups -OCH3 is 1. The van der Waals surface area contributed by atoms with Crippen LogP contribution in [-0.4, -0.2) is 34.4 Å². The Hall–Kier alpha value is -3.35. The average Bonchev–Trinajstić information content (AvgIpc) is 3.08. The van der Waals surface area contributed by atoms with Crippen LogP contribution in [0.3, 0.4) is 0 Å². The highest BCUT2D eigenvalue weighted by molar-refractivity contribution is 6.06. The predicted molar refractivity (Wildman–Crippen MR) is 103 cm³/mol. The van der Waals surface area contributed by atoms with Crippen molar-refractivity contribution in [3.8, 4) is 5.75 Å². The van der Waals surface area contributed by atoms with E-state index in [1.807, 2.05) is 19.9 Å². The second-order valence-electron chi connectivity index (χ2n) is 6.21. The third kappa shape index (κ3) is 3.92. The fourth-order valence-corrected chi connectivity index (χ4v) is 2.62. The molecule has 7 nitrogen and oxygen atoms in total. The van der Waals surface area contributed by atoms with Gasteiger partial charge < -0.3 is 15.4 Å². The van der Waals surface area contributed by atoms with Crippen LogP contribution in [0.2, 0.25) is 0 Å². The van der Waals surface area contributed by atoms with Crippen LogP contribution in [-0.2, 0) is 0 Å². The number of nitrogens with one attached hydrogen (secondary N) is 2. The predicted octanol–water partition coefficient (Wildman–Crippen LogP) is 3.12. The maximum Gasteiger partial charge on any atom is 0.292 e. The van der Waals surface area contributed by atoms with Crippen molar-refractivity contribution in [1.29, 1.82) is 0 Å². The Morgan fingerprint density at radius 3 is 2.56 bits per heavy atom. The van der Waals surface area contributed by atoms with E-state index in [0.29, 0.717) is 17.0 Å². The first-order valence-electron chi connectivity index (χ1n) is 8.76. The van der Waals surface area contributed by atoms with E-state index in [0.717, 1.165) is 6.42 Å². The van der Waals surface area contributed by atoms with Gasteiger partial charge in [0, 0.05) is 17.9 Å². The molecule has 0 spiro atoms. The summed E-state index contributed by atoms with van der Waals surface area (Å²) in [5.74, 6) is 0.152. The zero-order chi connectivity index (χ0) is 19.4. The molecule has 27 heavy (non-hydrogen) atoms. The molecule has 1 unspecified atom stereocenters. The summed E-state index contributed by atoms with van der Waals surface area (Å²) in [5, 5.41) is 5.69. The summed E-state index contributed by atoms with van der Waals surface area (Å²) >= 11 is 0. The van der Waals surface area contributed by atoms with Gasteiger partial charge in [0.2, 0.25) is 5.82 Å². The summed E-state index contributed by atoms with van der Waals surface area (Å²) in [6.45, 7) is 3.91. The molecule has 2 N–H and O–H groups in total. The van der Waals surface area contributed by atoms with Gasteiger partial charge in [-0.2, -0.15) is 0 Å². The number of hydrogen-bond acceptors (Lipinski definition) is 4. The molecule has 0 fully saturated rings. The van der Waals surface area contributed by atoms with Gasteiger partial charge in [0.1, 0.15) is 5.75 Å². The van der Waals surface area contributed by atoms with Gasteiger partial charge in [-0.3, -0.25) is 14.0 Å². The lowest BCUT2D eigenvalue weighted by molar-refractivity contribution is 0.0936. The summed E-state index contributed by atoms with van der Waals surface area (Å²) in [6.07, 6.45) is 2.52. The summed E-state index contributed by atoms with van der Waals surface area (Å²) in [4.78, 5) is 29.6. The molecular weight excluding hydrogens is 344 g/mol. The van der Waals surface area contributed by atoms with Crippen LogP contribution in [0.5, 0.6) is 5.75 Å². The molecule has 0 saturated carbocycles. The van der Waals surface area contributed by atoms with Crippen LogP contribution in [0.15, 0.2) is 48.7 Å². The molecule has 3 aromatic rings. The number of ether oxygens (including phenoxy) is 1. The Morgan fingerprint density at radius 2 is 1.89 bits per heavy atom. The second-order valence-corrected chi connectivity index (χ2v) is 6.21. The first-order valence-corrected chi connectivity index (χ1v) is 8.76. The quantitative estimate of drug-likeness (QED) is 0.702. The van der Waals surface area contributed by atoms with E-state index in [9.17, 15) is 9.59 Å². The lowest BCUT2D eigenvalue weighted by atomic mass is 10.2. The molecule has 2 amide bonds. The van der Waals surface area contributed by atoms with Gasteiger partial charge in [0.15, 0.2) is 5.69 Å². The molecule has 3 rings (SSSR count). The molecule has 0 aliphatic heterocycles. The third-order valence-electron chi connectivity index (χ3n) is 4.30. The molecule has 1 aromatic carbocycles. The van der Waals surface area contributed by atoms with Crippen LogP contribution in [0.1, 0.15) is 41.4 Å². The standard InChI is InChI=1S/C20H22N4O3/c1-4-13(2)21-19(25)17-16-7-5-6-12-24(16)18(23-17)20(26)22-14-8-10-15(27-3)11-9-14/h5-13H,4H2,1-3H3,(H,21,25)(H,22,26). The monoisotopic (exact) mass is 366 g/mol. The highest BCUT2D eigenvalue weighted by atomic mass is 16.5. The topological polar surface area (TPSA) is 84.7 Å². The number of carbonyl (C=O) groups excluding carboxylic acids is 2. The first-order chi connectivity index (χ1) is 13.0. The minimum atomic E-state index is -0.399. The molecule has 0 radical (unpaired) electrons. The molecule has 0 aliphatic carbocycles. The maximum atomic E-state index is 12.7. The van der Waals surface area contributed by atoms with E-state index >= 15 is 0 Å². The Morgan fingerprint density at radius 1 is 1.15 bits per heavy atom. The van der Waals surface area contributed by atoms with E-state index in [-0.39, 0.29) is 23.5 Å². The van der Waals surface area contributed by atoms with E-state index in [1.165, 1.54) is 0 Å². The average molecular weight is 366 g/mol. The van der Waals surface area contributed by atoms with Crippen molar-refractivity contribution in [1.82, 2.24) is 14.7 Å². The van der Waals surface area contributed by atoms with E-state index in [2.05, 4.69) is 15.6 Å². The number of imidazole rings is 1. The van der Waals surface area contributed by atoms with Crippen molar-refractivity contribution in [3.05, 3.63) is 60.2 Å². The van der Waals surface area contributed by atoms with Crippen LogP contribution >= 0.6 is 0 Å². The van der Waals surface area contributed by atoms with Crippen LogP contribution < -0.4 is 15.4 Å². The van der Waals surface area contributed by atoms with Gasteiger partial charge in [0.25, 0.3) is 11.8 Å². The van der Waals surface area contributed by atoms with E-state index < -0.39 is 5.91 Å². The van der Waals surface area contributed by atoms with Crippen molar-refractivity contribution in [3.63, 3.8) is 0 Å². The van der Waals surface area contributed by atoms with Gasteiger partial charge in [-0.15, -0.1) is 0 Å². The SMILES string of the molecule is CCC(C)NC(=O)c1nc(C(=O)Nc2ccc(OC)cc2)n2ccccc12. The molecule has 2 heterocycles. The number of rotatable bonds is 6. The molecule has 2 aromatic heterocycles. The Balaban J connectivity index is 1.91. The summed E-state index contributed by atoms with van der Waals surface area (Å²) < 4.78 is 6.73. The number of anilines is 1. The number of nitrogens with zero attached hydrogens (tertiary/aromatic N) is 2. The fraction of sp³-hybridized carbons (Fsp3) is 0.250. The summed E-state index contributed by atoms with van der Waals surface area (Å²) in [6, 6.07) is 12.4. The Kier molecular flexibility index (Phi) is 5.40. The molecule has 140 valence electrons. The number of pyridine rings is 1. The largest absolute Gasteiger partial charge is 0.497 e. The van der Waals surface area contributed by atoms with Crippen molar-refractivity contribution >= 4 is 23.0 Å². The molecule has 0 bridgehead atoms. The number of aromatic nitrogens is 2. The number of fused-ring (bicyclic) bond motifs is 1. The van der Waals surface area contributed by atoms with Gasteiger partial charge in [0.05, 0.1) is 12.6 Å². The summed E-state index contributed by atoms with van der Waals surface area (Å²) in [5.41, 5.74) is 1.42. The molecule has 1 atom stereocenters. The van der Waals surface area contributed by atoms with E-state index in [4.69, 9.17) is 4.74 Å². The zero-order valence-corrected chi connectivity index (χ0v) is 15.5. The van der Waals surface area contributed by atoms with Crippen molar-refractivity contribution in [2.45, 2.75) is 26.3 Å². The van der Waals surface area contributed by atoms with Gasteiger partial charge in [-0.25, -0.2) is 4.98 Å². The Bertz CT molecular complexity index is 963. The van der Waals surface area contributed by atoms with Crippen LogP contribution in [0, 0.1) is 0 Å². The number of benzene rings is 1. The smallest absolute Gasteiger partial charge is 0.292 e. The Labute approximate surface area is 157 Å². The van der Waals surface area contributed by atoms with Gasteiger partial charge in [-0.1, -0.05) is 13.0 Å². The molecule has 0 saturated heterocycles. The highest BCUT2D eigenvalue weighted by Crippen LogP contribution is 2.18. The number of amides is 2. The first kappa shape index (κ1) is 18.4. The summed E-state index contributed by atoms with van der Waals surface area (Å²) in [7, 11) is 1.58. The number of hydrogen-bond donors (Lipinski definition) is 2. The van der Waals surface area contributed by atoms with Gasteiger partial charge >= 0.3 is 0 Å². The third-order valence-corrected chi connectivity index (χ3v) is 4.30. The van der Waals surface area contributed by atoms with Crippen LogP contribution in [0.4, 0.5) is 5.69 Å².